The second kappa shape index (κ2) is 4.37. The molecule has 0 unspecified atom stereocenters. The Labute approximate surface area is 107 Å². The number of nitrogen functional groups attached to an aromatic ring is 1. The topological polar surface area (TPSA) is 58.3 Å². The summed E-state index contributed by atoms with van der Waals surface area (Å²) in [5.74, 6) is -0.272. The number of nitrogens with two attached hydrogens (primary N) is 1. The summed E-state index contributed by atoms with van der Waals surface area (Å²) in [6.07, 6.45) is 2.03. The Kier molecular flexibility index (Phi) is 3.25. The van der Waals surface area contributed by atoms with Crippen LogP contribution in [0.15, 0.2) is 12.1 Å². The SMILES string of the molecule is Nc1cc(I)c(F)cc1NCC1(CO)CC1. The largest absolute Gasteiger partial charge is 0.397 e. The first-order chi connectivity index (χ1) is 7.56. The molecule has 1 fully saturated rings. The van der Waals surface area contributed by atoms with Crippen molar-refractivity contribution in [1.82, 2.24) is 0 Å². The summed E-state index contributed by atoms with van der Waals surface area (Å²) in [4.78, 5) is 0. The van der Waals surface area contributed by atoms with Crippen LogP contribution >= 0.6 is 22.6 Å². The number of hydrogen-bond acceptors (Lipinski definition) is 3. The highest BCUT2D eigenvalue weighted by Gasteiger charge is 2.41. The minimum Gasteiger partial charge on any atom is -0.397 e. The molecule has 1 saturated carbocycles. The lowest BCUT2D eigenvalue weighted by molar-refractivity contribution is 0.220. The first kappa shape index (κ1) is 11.9. The van der Waals surface area contributed by atoms with Crippen LogP contribution in [-0.4, -0.2) is 18.3 Å². The molecular formula is C11H14FIN2O. The van der Waals surface area contributed by atoms with Crippen LogP contribution in [0, 0.1) is 14.8 Å². The van der Waals surface area contributed by atoms with E-state index in [4.69, 9.17) is 10.8 Å². The number of nitrogens with one attached hydrogen (secondary N) is 1. The summed E-state index contributed by atoms with van der Waals surface area (Å²) in [5, 5.41) is 12.3. The summed E-state index contributed by atoms with van der Waals surface area (Å²) in [6.45, 7) is 0.820. The molecule has 0 saturated heterocycles. The highest BCUT2D eigenvalue weighted by molar-refractivity contribution is 14.1. The van der Waals surface area contributed by atoms with Crippen LogP contribution in [0.4, 0.5) is 15.8 Å². The average molecular weight is 336 g/mol. The van der Waals surface area contributed by atoms with E-state index in [1.54, 1.807) is 6.07 Å². The van der Waals surface area contributed by atoms with E-state index in [1.165, 1.54) is 6.07 Å². The zero-order chi connectivity index (χ0) is 11.8. The van der Waals surface area contributed by atoms with Gasteiger partial charge in [-0.05, 0) is 41.5 Å². The molecule has 1 aromatic carbocycles. The molecular weight excluding hydrogens is 322 g/mol. The van der Waals surface area contributed by atoms with Crippen molar-refractivity contribution < 1.29 is 9.50 Å². The zero-order valence-electron chi connectivity index (χ0n) is 8.76. The molecule has 0 aromatic heterocycles. The summed E-state index contributed by atoms with van der Waals surface area (Å²) in [5.41, 5.74) is 6.93. The van der Waals surface area contributed by atoms with E-state index in [9.17, 15) is 4.39 Å². The zero-order valence-corrected chi connectivity index (χ0v) is 10.9. The van der Waals surface area contributed by atoms with Crippen molar-refractivity contribution in [2.45, 2.75) is 12.8 Å². The number of anilines is 2. The fraction of sp³-hybridized carbons (Fsp3) is 0.455. The van der Waals surface area contributed by atoms with Crippen molar-refractivity contribution >= 4 is 34.0 Å². The van der Waals surface area contributed by atoms with Crippen LogP contribution in [0.5, 0.6) is 0 Å². The van der Waals surface area contributed by atoms with Crippen LogP contribution in [0.3, 0.4) is 0 Å². The van der Waals surface area contributed by atoms with Gasteiger partial charge in [-0.2, -0.15) is 0 Å². The molecule has 1 aliphatic carbocycles. The summed E-state index contributed by atoms with van der Waals surface area (Å²) in [6, 6.07) is 3.02. The number of hydrogen-bond donors (Lipinski definition) is 3. The highest BCUT2D eigenvalue weighted by atomic mass is 127. The molecule has 0 heterocycles. The number of benzene rings is 1. The Hall–Kier alpha value is -0.560. The molecule has 0 atom stereocenters. The van der Waals surface area contributed by atoms with E-state index in [0.717, 1.165) is 12.8 Å². The standard InChI is InChI=1S/C11H14FIN2O/c12-7-3-10(9(14)4-8(7)13)15-5-11(6-16)1-2-11/h3-4,15-16H,1-2,5-6,14H2. The van der Waals surface area contributed by atoms with E-state index in [-0.39, 0.29) is 17.8 Å². The first-order valence-corrected chi connectivity index (χ1v) is 6.23. The monoisotopic (exact) mass is 336 g/mol. The van der Waals surface area contributed by atoms with Gasteiger partial charge < -0.3 is 16.2 Å². The average Bonchev–Trinajstić information content (AvgIpc) is 3.02. The maximum absolute atomic E-state index is 13.3. The third-order valence-electron chi connectivity index (χ3n) is 3.04. The Morgan fingerprint density at radius 2 is 2.19 bits per heavy atom. The Bertz CT molecular complexity index is 407. The third-order valence-corrected chi connectivity index (χ3v) is 3.87. The van der Waals surface area contributed by atoms with Gasteiger partial charge >= 0.3 is 0 Å². The lowest BCUT2D eigenvalue weighted by atomic mass is 10.1. The molecule has 3 nitrogen and oxygen atoms in total. The van der Waals surface area contributed by atoms with Gasteiger partial charge in [-0.25, -0.2) is 4.39 Å². The minimum atomic E-state index is -0.272. The molecule has 0 radical (unpaired) electrons. The second-order valence-corrected chi connectivity index (χ2v) is 5.53. The number of aliphatic hydroxyl groups excluding tert-OH is 1. The minimum absolute atomic E-state index is 0.00802. The molecule has 0 aliphatic heterocycles. The molecule has 0 bridgehead atoms. The van der Waals surface area contributed by atoms with Crippen LogP contribution in [0.25, 0.3) is 0 Å². The van der Waals surface area contributed by atoms with Crippen molar-refractivity contribution in [3.63, 3.8) is 0 Å². The molecule has 4 N–H and O–H groups in total. The van der Waals surface area contributed by atoms with Crippen LogP contribution < -0.4 is 11.1 Å². The molecule has 1 aromatic rings. The lowest BCUT2D eigenvalue weighted by Crippen LogP contribution is -2.19. The van der Waals surface area contributed by atoms with Gasteiger partial charge in [0, 0.05) is 18.0 Å². The third kappa shape index (κ3) is 2.40. The van der Waals surface area contributed by atoms with Gasteiger partial charge in [-0.15, -0.1) is 0 Å². The predicted molar refractivity (Wildman–Crippen MR) is 70.8 cm³/mol. The summed E-state index contributed by atoms with van der Waals surface area (Å²) >= 11 is 1.91. The van der Waals surface area contributed by atoms with Gasteiger partial charge in [0.15, 0.2) is 0 Å². The summed E-state index contributed by atoms with van der Waals surface area (Å²) < 4.78 is 13.8. The van der Waals surface area contributed by atoms with E-state index in [0.29, 0.717) is 21.5 Å². The smallest absolute Gasteiger partial charge is 0.138 e. The van der Waals surface area contributed by atoms with Crippen molar-refractivity contribution in [2.24, 2.45) is 5.41 Å². The van der Waals surface area contributed by atoms with Gasteiger partial charge in [0.2, 0.25) is 0 Å². The number of halogens is 2. The van der Waals surface area contributed by atoms with Crippen molar-refractivity contribution in [2.75, 3.05) is 24.2 Å². The quantitative estimate of drug-likeness (QED) is 0.584. The van der Waals surface area contributed by atoms with Crippen LogP contribution in [0.1, 0.15) is 12.8 Å². The second-order valence-electron chi connectivity index (χ2n) is 4.37. The summed E-state index contributed by atoms with van der Waals surface area (Å²) in [7, 11) is 0. The van der Waals surface area contributed by atoms with Crippen molar-refractivity contribution in [1.29, 1.82) is 0 Å². The van der Waals surface area contributed by atoms with Gasteiger partial charge in [0.1, 0.15) is 5.82 Å². The van der Waals surface area contributed by atoms with Gasteiger partial charge in [0.25, 0.3) is 0 Å². The predicted octanol–water partition coefficient (Wildman–Crippen LogP) is 2.20. The Balaban J connectivity index is 2.07. The molecule has 0 amide bonds. The first-order valence-electron chi connectivity index (χ1n) is 5.16. The molecule has 16 heavy (non-hydrogen) atoms. The maximum Gasteiger partial charge on any atom is 0.138 e. The Morgan fingerprint density at radius 1 is 1.50 bits per heavy atom. The van der Waals surface area contributed by atoms with Crippen molar-refractivity contribution in [3.05, 3.63) is 21.5 Å². The van der Waals surface area contributed by atoms with Crippen molar-refractivity contribution in [3.8, 4) is 0 Å². The van der Waals surface area contributed by atoms with Crippen LogP contribution in [0.2, 0.25) is 0 Å². The fourth-order valence-corrected chi connectivity index (χ4v) is 2.06. The Morgan fingerprint density at radius 3 is 2.75 bits per heavy atom. The van der Waals surface area contributed by atoms with E-state index >= 15 is 0 Å². The molecule has 1 aliphatic rings. The molecule has 88 valence electrons. The number of rotatable bonds is 4. The van der Waals surface area contributed by atoms with Crippen LogP contribution in [-0.2, 0) is 0 Å². The molecule has 2 rings (SSSR count). The normalized spacial score (nSPS) is 17.2. The molecule has 0 spiro atoms. The lowest BCUT2D eigenvalue weighted by Gasteiger charge is -2.15. The highest BCUT2D eigenvalue weighted by Crippen LogP contribution is 2.45. The molecule has 5 heteroatoms. The van der Waals surface area contributed by atoms with Gasteiger partial charge in [-0.3, -0.25) is 0 Å². The number of aliphatic hydroxyl groups is 1. The fourth-order valence-electron chi connectivity index (χ4n) is 1.57. The maximum atomic E-state index is 13.3. The van der Waals surface area contributed by atoms with E-state index in [1.807, 2.05) is 22.6 Å². The van der Waals surface area contributed by atoms with E-state index in [2.05, 4.69) is 5.32 Å². The van der Waals surface area contributed by atoms with E-state index < -0.39 is 0 Å². The van der Waals surface area contributed by atoms with Gasteiger partial charge in [0.05, 0.1) is 21.6 Å². The van der Waals surface area contributed by atoms with Gasteiger partial charge in [-0.1, -0.05) is 0 Å².